The minimum Gasteiger partial charge on any atom is -0.369 e. The lowest BCUT2D eigenvalue weighted by Gasteiger charge is -2.27. The van der Waals surface area contributed by atoms with Gasteiger partial charge >= 0.3 is 0 Å². The monoisotopic (exact) mass is 267 g/mol. The molecule has 1 saturated heterocycles. The van der Waals surface area contributed by atoms with Crippen molar-refractivity contribution in [1.29, 1.82) is 0 Å². The third kappa shape index (κ3) is 2.66. The molecule has 1 amide bonds. The first-order valence-electron chi connectivity index (χ1n) is 6.11. The number of nitrogens with zero attached hydrogens (tertiary/aromatic N) is 1. The van der Waals surface area contributed by atoms with E-state index in [0.29, 0.717) is 13.1 Å². The topological polar surface area (TPSA) is 72.3 Å². The van der Waals surface area contributed by atoms with Gasteiger partial charge in [-0.1, -0.05) is 29.8 Å². The second-order valence-electron chi connectivity index (χ2n) is 4.66. The van der Waals surface area contributed by atoms with Crippen LogP contribution in [0.5, 0.6) is 0 Å². The fourth-order valence-electron chi connectivity index (χ4n) is 2.52. The molecule has 5 heteroatoms. The fourth-order valence-corrected chi connectivity index (χ4v) is 2.78. The number of carbonyl (C=O) groups excluding carboxylic acids is 1. The van der Waals surface area contributed by atoms with Crippen molar-refractivity contribution in [3.05, 3.63) is 34.9 Å². The standard InChI is InChI=1S/C13H18ClN3O/c14-11-4-2-1-3-10(11)12(7-15)17-6-5-9(8-17)13(16)18/h1-4,9,12H,5-8,15H2,(H2,16,18). The number of likely N-dealkylation sites (tertiary alicyclic amines) is 1. The zero-order valence-corrected chi connectivity index (χ0v) is 10.9. The zero-order valence-electron chi connectivity index (χ0n) is 10.2. The number of rotatable bonds is 4. The molecule has 18 heavy (non-hydrogen) atoms. The average Bonchev–Trinajstić information content (AvgIpc) is 2.82. The van der Waals surface area contributed by atoms with Gasteiger partial charge < -0.3 is 11.5 Å². The Kier molecular flexibility index (Phi) is 4.22. The van der Waals surface area contributed by atoms with E-state index in [4.69, 9.17) is 23.1 Å². The van der Waals surface area contributed by atoms with Crippen LogP contribution in [0.2, 0.25) is 5.02 Å². The van der Waals surface area contributed by atoms with Crippen molar-refractivity contribution in [2.45, 2.75) is 12.5 Å². The van der Waals surface area contributed by atoms with Gasteiger partial charge in [0.2, 0.25) is 5.91 Å². The number of hydrogen-bond acceptors (Lipinski definition) is 3. The summed E-state index contributed by atoms with van der Waals surface area (Å²) in [5.74, 6) is -0.297. The van der Waals surface area contributed by atoms with E-state index < -0.39 is 0 Å². The maximum absolute atomic E-state index is 11.2. The summed E-state index contributed by atoms with van der Waals surface area (Å²) in [5, 5.41) is 0.718. The van der Waals surface area contributed by atoms with Crippen molar-refractivity contribution in [3.63, 3.8) is 0 Å². The Morgan fingerprint density at radius 1 is 1.50 bits per heavy atom. The quantitative estimate of drug-likeness (QED) is 0.860. The van der Waals surface area contributed by atoms with Gasteiger partial charge in [-0.2, -0.15) is 0 Å². The summed E-state index contributed by atoms with van der Waals surface area (Å²) in [7, 11) is 0. The molecular weight excluding hydrogens is 250 g/mol. The molecular formula is C13H18ClN3O. The van der Waals surface area contributed by atoms with Gasteiger partial charge in [-0.05, 0) is 24.6 Å². The highest BCUT2D eigenvalue weighted by atomic mass is 35.5. The molecule has 1 heterocycles. The van der Waals surface area contributed by atoms with Crippen molar-refractivity contribution in [2.75, 3.05) is 19.6 Å². The lowest BCUT2D eigenvalue weighted by molar-refractivity contribution is -0.121. The van der Waals surface area contributed by atoms with Crippen LogP contribution >= 0.6 is 11.6 Å². The average molecular weight is 268 g/mol. The van der Waals surface area contributed by atoms with Crippen LogP contribution in [0, 0.1) is 5.92 Å². The minimum atomic E-state index is -0.229. The van der Waals surface area contributed by atoms with E-state index in [0.717, 1.165) is 23.6 Å². The first-order valence-corrected chi connectivity index (χ1v) is 6.49. The molecule has 1 aliphatic heterocycles. The lowest BCUT2D eigenvalue weighted by Crippen LogP contribution is -2.34. The Hall–Kier alpha value is -1.10. The Morgan fingerprint density at radius 2 is 2.22 bits per heavy atom. The molecule has 0 radical (unpaired) electrons. The van der Waals surface area contributed by atoms with E-state index in [1.165, 1.54) is 0 Å². The van der Waals surface area contributed by atoms with Crippen molar-refractivity contribution < 1.29 is 4.79 Å². The zero-order chi connectivity index (χ0) is 13.1. The molecule has 1 aliphatic rings. The lowest BCUT2D eigenvalue weighted by atomic mass is 10.1. The first-order chi connectivity index (χ1) is 8.63. The molecule has 2 unspecified atom stereocenters. The van der Waals surface area contributed by atoms with Crippen molar-refractivity contribution in [3.8, 4) is 0 Å². The van der Waals surface area contributed by atoms with Gasteiger partial charge in [0.05, 0.1) is 5.92 Å². The van der Waals surface area contributed by atoms with Crippen LogP contribution in [0.4, 0.5) is 0 Å². The molecule has 2 rings (SSSR count). The van der Waals surface area contributed by atoms with Gasteiger partial charge in [-0.15, -0.1) is 0 Å². The SMILES string of the molecule is NCC(c1ccccc1Cl)N1CCC(C(N)=O)C1. The first kappa shape index (κ1) is 13.3. The third-order valence-corrected chi connectivity index (χ3v) is 3.89. The summed E-state index contributed by atoms with van der Waals surface area (Å²) < 4.78 is 0. The van der Waals surface area contributed by atoms with Gasteiger partial charge in [0.1, 0.15) is 0 Å². The van der Waals surface area contributed by atoms with E-state index in [9.17, 15) is 4.79 Å². The number of primary amides is 1. The maximum atomic E-state index is 11.2. The Morgan fingerprint density at radius 3 is 2.78 bits per heavy atom. The largest absolute Gasteiger partial charge is 0.369 e. The molecule has 0 saturated carbocycles. The highest BCUT2D eigenvalue weighted by Crippen LogP contribution is 2.30. The molecule has 0 bridgehead atoms. The van der Waals surface area contributed by atoms with E-state index in [-0.39, 0.29) is 17.9 Å². The summed E-state index contributed by atoms with van der Waals surface area (Å²) in [4.78, 5) is 13.4. The summed E-state index contributed by atoms with van der Waals surface area (Å²) in [6.07, 6.45) is 0.802. The smallest absolute Gasteiger partial charge is 0.221 e. The van der Waals surface area contributed by atoms with Crippen LogP contribution in [-0.2, 0) is 4.79 Å². The van der Waals surface area contributed by atoms with Crippen LogP contribution in [0.15, 0.2) is 24.3 Å². The molecule has 1 aromatic carbocycles. The van der Waals surface area contributed by atoms with E-state index in [2.05, 4.69) is 4.90 Å². The molecule has 2 atom stereocenters. The van der Waals surface area contributed by atoms with Crippen LogP contribution < -0.4 is 11.5 Å². The highest BCUT2D eigenvalue weighted by molar-refractivity contribution is 6.31. The van der Waals surface area contributed by atoms with Gasteiger partial charge in [0, 0.05) is 24.2 Å². The van der Waals surface area contributed by atoms with E-state index >= 15 is 0 Å². The summed E-state index contributed by atoms with van der Waals surface area (Å²) in [6.45, 7) is 1.98. The predicted molar refractivity (Wildman–Crippen MR) is 72.1 cm³/mol. The summed E-state index contributed by atoms with van der Waals surface area (Å²) >= 11 is 6.20. The Bertz CT molecular complexity index is 438. The number of hydrogen-bond donors (Lipinski definition) is 2. The molecule has 0 aliphatic carbocycles. The third-order valence-electron chi connectivity index (χ3n) is 3.55. The number of halogens is 1. The molecule has 1 aromatic rings. The minimum absolute atomic E-state index is 0.0584. The van der Waals surface area contributed by atoms with Gasteiger partial charge in [-0.25, -0.2) is 0 Å². The number of carbonyl (C=O) groups is 1. The van der Waals surface area contributed by atoms with Crippen molar-refractivity contribution >= 4 is 17.5 Å². The van der Waals surface area contributed by atoms with E-state index in [1.54, 1.807) is 0 Å². The number of nitrogens with two attached hydrogens (primary N) is 2. The number of amides is 1. The molecule has 0 spiro atoms. The number of benzene rings is 1. The predicted octanol–water partition coefficient (Wildman–Crippen LogP) is 1.15. The Labute approximate surface area is 112 Å². The molecule has 4 nitrogen and oxygen atoms in total. The second kappa shape index (κ2) is 5.69. The fraction of sp³-hybridized carbons (Fsp3) is 0.462. The summed E-state index contributed by atoms with van der Waals surface area (Å²) in [6, 6.07) is 7.75. The molecule has 0 aromatic heterocycles. The highest BCUT2D eigenvalue weighted by Gasteiger charge is 2.31. The summed E-state index contributed by atoms with van der Waals surface area (Å²) in [5.41, 5.74) is 12.2. The second-order valence-corrected chi connectivity index (χ2v) is 5.06. The molecule has 98 valence electrons. The van der Waals surface area contributed by atoms with Crippen LogP contribution in [0.25, 0.3) is 0 Å². The van der Waals surface area contributed by atoms with Crippen molar-refractivity contribution in [1.82, 2.24) is 4.90 Å². The Balaban J connectivity index is 2.16. The molecule has 4 N–H and O–H groups in total. The van der Waals surface area contributed by atoms with Gasteiger partial charge in [0.15, 0.2) is 0 Å². The van der Waals surface area contributed by atoms with Crippen LogP contribution in [-0.4, -0.2) is 30.4 Å². The van der Waals surface area contributed by atoms with Crippen LogP contribution in [0.1, 0.15) is 18.0 Å². The van der Waals surface area contributed by atoms with Gasteiger partial charge in [0.25, 0.3) is 0 Å². The maximum Gasteiger partial charge on any atom is 0.221 e. The normalized spacial score (nSPS) is 22.0. The van der Waals surface area contributed by atoms with Gasteiger partial charge in [-0.3, -0.25) is 9.69 Å². The van der Waals surface area contributed by atoms with Crippen molar-refractivity contribution in [2.24, 2.45) is 17.4 Å². The van der Waals surface area contributed by atoms with Crippen LogP contribution in [0.3, 0.4) is 0 Å². The molecule has 1 fully saturated rings. The van der Waals surface area contributed by atoms with E-state index in [1.807, 2.05) is 24.3 Å².